The van der Waals surface area contributed by atoms with Crippen LogP contribution in [0.25, 0.3) is 0 Å². The highest BCUT2D eigenvalue weighted by Gasteiger charge is 2.15. The molecule has 0 bridgehead atoms. The minimum absolute atomic E-state index is 0.159. The van der Waals surface area contributed by atoms with Gasteiger partial charge in [-0.2, -0.15) is 4.98 Å². The summed E-state index contributed by atoms with van der Waals surface area (Å²) in [5.74, 6) is 1.51. The van der Waals surface area contributed by atoms with Gasteiger partial charge in [-0.1, -0.05) is 0 Å². The van der Waals surface area contributed by atoms with Crippen LogP contribution in [0.1, 0.15) is 11.6 Å². The molecule has 2 aromatic heterocycles. The molecule has 8 nitrogen and oxygen atoms in total. The van der Waals surface area contributed by atoms with Crippen molar-refractivity contribution in [3.8, 4) is 5.88 Å². The summed E-state index contributed by atoms with van der Waals surface area (Å²) in [6, 6.07) is 1.77. The van der Waals surface area contributed by atoms with Crippen LogP contribution in [0.4, 0.5) is 5.95 Å². The van der Waals surface area contributed by atoms with E-state index < -0.39 is 0 Å². The van der Waals surface area contributed by atoms with Crippen molar-refractivity contribution in [2.45, 2.75) is 13.5 Å². The molecule has 0 amide bonds. The predicted octanol–water partition coefficient (Wildman–Crippen LogP) is 1.25. The van der Waals surface area contributed by atoms with E-state index in [0.717, 1.165) is 18.8 Å². The number of aryl methyl sites for hydroxylation is 1. The van der Waals surface area contributed by atoms with Crippen molar-refractivity contribution >= 4 is 18.2 Å². The van der Waals surface area contributed by atoms with Gasteiger partial charge in [-0.05, 0) is 19.1 Å². The number of aromatic amines is 1. The summed E-state index contributed by atoms with van der Waals surface area (Å²) in [5.41, 5.74) is 0.837. The fraction of sp³-hybridized carbons (Fsp3) is 0.500. The van der Waals surface area contributed by atoms with Crippen molar-refractivity contribution < 1.29 is 13.9 Å². The van der Waals surface area contributed by atoms with Gasteiger partial charge >= 0.3 is 0 Å². The van der Waals surface area contributed by atoms with Gasteiger partial charge in [-0.25, -0.2) is 10.1 Å². The first-order valence-electron chi connectivity index (χ1n) is 6.56. The molecule has 3 rings (SSSR count). The zero-order valence-electron chi connectivity index (χ0n) is 11.5. The third kappa shape index (κ3) is 3.56. The fourth-order valence-electron chi connectivity index (χ4n) is 1.96. The van der Waals surface area contributed by atoms with Crippen LogP contribution in [0.5, 0.6) is 5.88 Å². The van der Waals surface area contributed by atoms with Gasteiger partial charge in [-0.3, -0.25) is 0 Å². The van der Waals surface area contributed by atoms with E-state index in [0.29, 0.717) is 30.9 Å². The molecule has 0 aromatic carbocycles. The van der Waals surface area contributed by atoms with Crippen LogP contribution in [-0.4, -0.2) is 46.5 Å². The maximum absolute atomic E-state index is 5.59. The van der Waals surface area contributed by atoms with Crippen molar-refractivity contribution in [1.29, 1.82) is 0 Å². The maximum Gasteiger partial charge on any atom is 0.284 e. The first-order chi connectivity index (χ1) is 10.2. The lowest BCUT2D eigenvalue weighted by Crippen LogP contribution is -2.37. The Bertz CT molecular complexity index is 665. The Morgan fingerprint density at radius 2 is 2.19 bits per heavy atom. The van der Waals surface area contributed by atoms with Gasteiger partial charge in [0.2, 0.25) is 11.8 Å². The third-order valence-electron chi connectivity index (χ3n) is 2.94. The van der Waals surface area contributed by atoms with Crippen molar-refractivity contribution in [3.63, 3.8) is 0 Å². The monoisotopic (exact) mass is 309 g/mol. The highest BCUT2D eigenvalue weighted by molar-refractivity contribution is 7.71. The largest absolute Gasteiger partial charge is 0.467 e. The van der Waals surface area contributed by atoms with Crippen LogP contribution >= 0.6 is 12.2 Å². The van der Waals surface area contributed by atoms with Crippen LogP contribution in [0, 0.1) is 11.8 Å². The number of aromatic nitrogens is 4. The van der Waals surface area contributed by atoms with Gasteiger partial charge in [0.05, 0.1) is 13.2 Å². The quantitative estimate of drug-likeness (QED) is 0.844. The zero-order valence-corrected chi connectivity index (χ0v) is 12.4. The molecule has 0 spiro atoms. The van der Waals surface area contributed by atoms with E-state index in [1.54, 1.807) is 6.07 Å². The summed E-state index contributed by atoms with van der Waals surface area (Å²) in [6.45, 7) is 4.97. The van der Waals surface area contributed by atoms with E-state index >= 15 is 0 Å². The number of rotatable bonds is 4. The van der Waals surface area contributed by atoms with Crippen LogP contribution in [-0.2, 0) is 11.3 Å². The number of morpholine rings is 1. The van der Waals surface area contributed by atoms with Crippen LogP contribution in [0.2, 0.25) is 0 Å². The second kappa shape index (κ2) is 6.19. The molecule has 1 aliphatic heterocycles. The fourth-order valence-corrected chi connectivity index (χ4v) is 2.10. The summed E-state index contributed by atoms with van der Waals surface area (Å²) in [4.78, 5) is 11.1. The second-order valence-electron chi connectivity index (χ2n) is 4.54. The molecule has 112 valence electrons. The molecular formula is C12H15N5O3S. The number of hydrogen-bond donors (Lipinski definition) is 1. The average molecular weight is 309 g/mol. The molecule has 1 N–H and O–H groups in total. The Morgan fingerprint density at radius 3 is 2.90 bits per heavy atom. The number of H-pyrrole nitrogens is 1. The molecule has 0 saturated carbocycles. The third-order valence-corrected chi connectivity index (χ3v) is 3.11. The predicted molar refractivity (Wildman–Crippen MR) is 75.8 cm³/mol. The minimum atomic E-state index is 0.159. The van der Waals surface area contributed by atoms with Gasteiger partial charge < -0.3 is 18.8 Å². The molecule has 21 heavy (non-hydrogen) atoms. The molecule has 1 saturated heterocycles. The smallest absolute Gasteiger partial charge is 0.284 e. The highest BCUT2D eigenvalue weighted by Crippen LogP contribution is 2.17. The minimum Gasteiger partial charge on any atom is -0.467 e. The Kier molecular flexibility index (Phi) is 4.11. The first-order valence-corrected chi connectivity index (χ1v) is 6.97. The van der Waals surface area contributed by atoms with E-state index in [1.807, 2.05) is 6.92 Å². The lowest BCUT2D eigenvalue weighted by atomic mass is 10.4. The molecule has 2 aromatic rings. The molecule has 3 heterocycles. The van der Waals surface area contributed by atoms with Gasteiger partial charge in [0.25, 0.3) is 10.7 Å². The van der Waals surface area contributed by atoms with Gasteiger partial charge in [0, 0.05) is 24.8 Å². The summed E-state index contributed by atoms with van der Waals surface area (Å²) in [5, 5.41) is 6.42. The second-order valence-corrected chi connectivity index (χ2v) is 4.91. The molecule has 1 fully saturated rings. The maximum atomic E-state index is 5.59. The highest BCUT2D eigenvalue weighted by atomic mass is 32.1. The summed E-state index contributed by atoms with van der Waals surface area (Å²) < 4.78 is 16.0. The lowest BCUT2D eigenvalue weighted by molar-refractivity contribution is 0.122. The molecule has 0 radical (unpaired) electrons. The van der Waals surface area contributed by atoms with Crippen molar-refractivity contribution in [3.05, 3.63) is 22.5 Å². The van der Waals surface area contributed by atoms with E-state index in [9.17, 15) is 0 Å². The van der Waals surface area contributed by atoms with Crippen LogP contribution in [0.15, 0.2) is 10.5 Å². The standard InChI is InChI=1S/C12H15N5O3S/c1-8-6-9(19-7-10-15-16-12(21)20-10)14-11(13-8)17-2-4-18-5-3-17/h6H,2-5,7H2,1H3,(H,16,21). The first kappa shape index (κ1) is 14.0. The van der Waals surface area contributed by atoms with Crippen molar-refractivity contribution in [2.75, 3.05) is 31.2 Å². The molecule has 0 atom stereocenters. The van der Waals surface area contributed by atoms with E-state index in [2.05, 4.69) is 25.1 Å². The lowest BCUT2D eigenvalue weighted by Gasteiger charge is -2.27. The molecule has 9 heteroatoms. The SMILES string of the molecule is Cc1cc(OCc2n[nH]c(=S)o2)nc(N2CCOCC2)n1. The van der Waals surface area contributed by atoms with Crippen molar-refractivity contribution in [1.82, 2.24) is 20.2 Å². The average Bonchev–Trinajstić information content (AvgIpc) is 2.91. The number of anilines is 1. The normalized spacial score (nSPS) is 15.2. The van der Waals surface area contributed by atoms with Crippen LogP contribution in [0.3, 0.4) is 0 Å². The number of nitrogens with one attached hydrogen (secondary N) is 1. The molecular weight excluding hydrogens is 294 g/mol. The Hall–Kier alpha value is -2.00. The van der Waals surface area contributed by atoms with E-state index in [4.69, 9.17) is 26.1 Å². The van der Waals surface area contributed by atoms with Crippen molar-refractivity contribution in [2.24, 2.45) is 0 Å². The van der Waals surface area contributed by atoms with Gasteiger partial charge in [0.15, 0.2) is 6.61 Å². The van der Waals surface area contributed by atoms with E-state index in [-0.39, 0.29) is 11.4 Å². The number of ether oxygens (including phenoxy) is 2. The number of nitrogens with zero attached hydrogens (tertiary/aromatic N) is 4. The van der Waals surface area contributed by atoms with Gasteiger partial charge in [0.1, 0.15) is 0 Å². The molecule has 1 aliphatic rings. The van der Waals surface area contributed by atoms with Gasteiger partial charge in [-0.15, -0.1) is 5.10 Å². The van der Waals surface area contributed by atoms with E-state index in [1.165, 1.54) is 0 Å². The summed E-state index contributed by atoms with van der Waals surface area (Å²) in [7, 11) is 0. The Balaban J connectivity index is 1.72. The Labute approximate surface area is 126 Å². The zero-order chi connectivity index (χ0) is 14.7. The molecule has 0 aliphatic carbocycles. The van der Waals surface area contributed by atoms with Crippen LogP contribution < -0.4 is 9.64 Å². The Morgan fingerprint density at radius 1 is 1.38 bits per heavy atom. The molecule has 0 unspecified atom stereocenters. The summed E-state index contributed by atoms with van der Waals surface area (Å²) in [6.07, 6.45) is 0. The topological polar surface area (TPSA) is 89.3 Å². The summed E-state index contributed by atoms with van der Waals surface area (Å²) >= 11 is 4.81. The number of hydrogen-bond acceptors (Lipinski definition) is 8.